The Labute approximate surface area is 163 Å². The lowest BCUT2D eigenvalue weighted by molar-refractivity contribution is 0.108. The van der Waals surface area contributed by atoms with Crippen LogP contribution in [0.2, 0.25) is 0 Å². The Hall–Kier alpha value is -1.91. The van der Waals surface area contributed by atoms with Crippen molar-refractivity contribution in [2.45, 2.75) is 51.1 Å². The van der Waals surface area contributed by atoms with Crippen molar-refractivity contribution in [1.82, 2.24) is 9.80 Å². The molecular formula is C23H33N3O. The number of hydrogen-bond donors (Lipinski definition) is 1. The zero-order valence-corrected chi connectivity index (χ0v) is 16.3. The number of benzene rings is 1. The minimum Gasteiger partial charge on any atom is -0.411 e. The Morgan fingerprint density at radius 2 is 1.52 bits per heavy atom. The summed E-state index contributed by atoms with van der Waals surface area (Å²) in [6.45, 7) is 5.24. The monoisotopic (exact) mass is 367 g/mol. The van der Waals surface area contributed by atoms with Crippen molar-refractivity contribution in [1.29, 1.82) is 0 Å². The molecule has 0 aromatic heterocycles. The molecule has 4 heteroatoms. The minimum atomic E-state index is 0.256. The van der Waals surface area contributed by atoms with E-state index in [1.54, 1.807) is 0 Å². The molecule has 0 spiro atoms. The lowest BCUT2D eigenvalue weighted by Crippen LogP contribution is -2.52. The Bertz CT molecular complexity index is 630. The molecule has 0 amide bonds. The highest BCUT2D eigenvalue weighted by Crippen LogP contribution is 2.18. The second-order valence-electron chi connectivity index (χ2n) is 7.54. The maximum atomic E-state index is 9.65. The van der Waals surface area contributed by atoms with Gasteiger partial charge in [-0.15, -0.1) is 0 Å². The number of hydrogen-bond acceptors (Lipinski definition) is 4. The number of nitrogens with zero attached hydrogens (tertiary/aromatic N) is 3. The molecule has 1 aromatic carbocycles. The van der Waals surface area contributed by atoms with Crippen molar-refractivity contribution in [3.63, 3.8) is 0 Å². The van der Waals surface area contributed by atoms with Crippen LogP contribution in [0.3, 0.4) is 0 Å². The quantitative estimate of drug-likeness (QED) is 0.487. The van der Waals surface area contributed by atoms with Crippen LogP contribution >= 0.6 is 0 Å². The predicted octanol–water partition coefficient (Wildman–Crippen LogP) is 4.47. The summed E-state index contributed by atoms with van der Waals surface area (Å²) in [5, 5.41) is 13.4. The van der Waals surface area contributed by atoms with Gasteiger partial charge in [-0.3, -0.25) is 9.80 Å². The third-order valence-corrected chi connectivity index (χ3v) is 5.62. The maximum Gasteiger partial charge on any atom is 0.0745 e. The Morgan fingerprint density at radius 1 is 0.852 bits per heavy atom. The van der Waals surface area contributed by atoms with E-state index in [0.717, 1.165) is 77.0 Å². The predicted molar refractivity (Wildman–Crippen MR) is 112 cm³/mol. The molecule has 146 valence electrons. The maximum absolute atomic E-state index is 9.65. The molecular weight excluding hydrogens is 334 g/mol. The van der Waals surface area contributed by atoms with Crippen molar-refractivity contribution < 1.29 is 5.21 Å². The molecule has 1 heterocycles. The lowest BCUT2D eigenvalue weighted by Gasteiger charge is -2.39. The van der Waals surface area contributed by atoms with E-state index < -0.39 is 0 Å². The first-order valence-electron chi connectivity index (χ1n) is 10.4. The van der Waals surface area contributed by atoms with Crippen molar-refractivity contribution in [3.8, 4) is 0 Å². The summed E-state index contributed by atoms with van der Waals surface area (Å²) in [6.07, 6.45) is 15.2. The van der Waals surface area contributed by atoms with Gasteiger partial charge in [0, 0.05) is 32.7 Å². The van der Waals surface area contributed by atoms with Crippen molar-refractivity contribution in [2.24, 2.45) is 5.16 Å². The molecule has 1 saturated heterocycles. The molecule has 0 radical (unpaired) electrons. The topological polar surface area (TPSA) is 39.1 Å². The summed E-state index contributed by atoms with van der Waals surface area (Å²) in [7, 11) is 0. The molecule has 0 bridgehead atoms. The average Bonchev–Trinajstić information content (AvgIpc) is 2.70. The van der Waals surface area contributed by atoms with Crippen LogP contribution in [0.25, 0.3) is 0 Å². The molecule has 2 aliphatic rings. The van der Waals surface area contributed by atoms with E-state index in [-0.39, 0.29) is 6.04 Å². The molecule has 1 aliphatic heterocycles. The standard InChI is InChI=1S/C23H33N3O/c27-24-22-14-10-5-3-1-2-4-6-11-15-23(22)26-18-16-25(17-19-26)20-21-12-8-7-9-13-21/h3-9,12-13,23,27H,1-2,10-11,14-20H2/b5-3+,6-4+,24-22+/t23-/m1/s1. The average molecular weight is 368 g/mol. The van der Waals surface area contributed by atoms with E-state index >= 15 is 0 Å². The van der Waals surface area contributed by atoms with Gasteiger partial charge in [-0.05, 0) is 44.1 Å². The van der Waals surface area contributed by atoms with Gasteiger partial charge < -0.3 is 5.21 Å². The van der Waals surface area contributed by atoms with Gasteiger partial charge in [0.1, 0.15) is 0 Å². The Kier molecular flexibility index (Phi) is 8.12. The van der Waals surface area contributed by atoms with E-state index in [0.29, 0.717) is 0 Å². The fourth-order valence-corrected chi connectivity index (χ4v) is 4.07. The molecule has 1 atom stereocenters. The van der Waals surface area contributed by atoms with Gasteiger partial charge in [-0.1, -0.05) is 59.8 Å². The number of oxime groups is 1. The van der Waals surface area contributed by atoms with Crippen LogP contribution in [0.15, 0.2) is 59.8 Å². The smallest absolute Gasteiger partial charge is 0.0745 e. The van der Waals surface area contributed by atoms with Gasteiger partial charge in [-0.25, -0.2) is 0 Å². The zero-order valence-electron chi connectivity index (χ0n) is 16.3. The van der Waals surface area contributed by atoms with Crippen LogP contribution in [0.5, 0.6) is 0 Å². The van der Waals surface area contributed by atoms with Crippen LogP contribution < -0.4 is 0 Å². The summed E-state index contributed by atoms with van der Waals surface area (Å²) in [4.78, 5) is 5.06. The second-order valence-corrected chi connectivity index (χ2v) is 7.54. The highest BCUT2D eigenvalue weighted by molar-refractivity contribution is 5.89. The molecule has 27 heavy (non-hydrogen) atoms. The second kappa shape index (κ2) is 11.1. The van der Waals surface area contributed by atoms with Crippen molar-refractivity contribution in [3.05, 3.63) is 60.2 Å². The van der Waals surface area contributed by atoms with Crippen LogP contribution in [-0.4, -0.2) is 52.9 Å². The number of rotatable bonds is 3. The molecule has 4 nitrogen and oxygen atoms in total. The number of allylic oxidation sites excluding steroid dienone is 4. The van der Waals surface area contributed by atoms with Gasteiger partial charge in [0.25, 0.3) is 0 Å². The third-order valence-electron chi connectivity index (χ3n) is 5.62. The minimum absolute atomic E-state index is 0.256. The highest BCUT2D eigenvalue weighted by atomic mass is 16.4. The molecule has 0 saturated carbocycles. The fourth-order valence-electron chi connectivity index (χ4n) is 4.07. The summed E-state index contributed by atoms with van der Waals surface area (Å²) in [5.41, 5.74) is 2.33. The molecule has 0 unspecified atom stereocenters. The Balaban J connectivity index is 1.58. The normalized spacial score (nSPS) is 27.6. The van der Waals surface area contributed by atoms with E-state index in [9.17, 15) is 5.21 Å². The summed E-state index contributed by atoms with van der Waals surface area (Å²) < 4.78 is 0. The molecule has 1 aromatic rings. The van der Waals surface area contributed by atoms with Crippen molar-refractivity contribution in [2.75, 3.05) is 26.2 Å². The van der Waals surface area contributed by atoms with E-state index in [1.165, 1.54) is 5.56 Å². The van der Waals surface area contributed by atoms with Gasteiger partial charge >= 0.3 is 0 Å². The van der Waals surface area contributed by atoms with Gasteiger partial charge in [-0.2, -0.15) is 0 Å². The molecule has 3 rings (SSSR count). The van der Waals surface area contributed by atoms with Gasteiger partial charge in [0.05, 0.1) is 11.8 Å². The largest absolute Gasteiger partial charge is 0.411 e. The zero-order chi connectivity index (χ0) is 18.7. The summed E-state index contributed by atoms with van der Waals surface area (Å²) >= 11 is 0. The summed E-state index contributed by atoms with van der Waals surface area (Å²) in [5.74, 6) is 0. The van der Waals surface area contributed by atoms with Gasteiger partial charge in [0.15, 0.2) is 0 Å². The van der Waals surface area contributed by atoms with E-state index in [1.807, 2.05) is 0 Å². The first-order chi connectivity index (χ1) is 13.4. The van der Waals surface area contributed by atoms with Crippen LogP contribution in [0, 0.1) is 0 Å². The van der Waals surface area contributed by atoms with Crippen LogP contribution in [-0.2, 0) is 6.54 Å². The number of piperazine rings is 1. The third kappa shape index (κ3) is 6.33. The summed E-state index contributed by atoms with van der Waals surface area (Å²) in [6, 6.07) is 11.0. The van der Waals surface area contributed by atoms with Crippen molar-refractivity contribution >= 4 is 5.71 Å². The van der Waals surface area contributed by atoms with Crippen LogP contribution in [0.1, 0.15) is 44.1 Å². The van der Waals surface area contributed by atoms with E-state index in [4.69, 9.17) is 0 Å². The first kappa shape index (κ1) is 19.8. The van der Waals surface area contributed by atoms with Gasteiger partial charge in [0.2, 0.25) is 0 Å². The molecule has 1 N–H and O–H groups in total. The lowest BCUT2D eigenvalue weighted by atomic mass is 9.98. The van der Waals surface area contributed by atoms with Crippen LogP contribution in [0.4, 0.5) is 0 Å². The SMILES string of the molecule is O/N=C1\CC/C=C/CC/C=C/CC[C@H]1N1CCN(Cc2ccccc2)CC1. The highest BCUT2D eigenvalue weighted by Gasteiger charge is 2.27. The first-order valence-corrected chi connectivity index (χ1v) is 10.4. The van der Waals surface area contributed by atoms with E-state index in [2.05, 4.69) is 69.6 Å². The molecule has 1 aliphatic carbocycles. The Morgan fingerprint density at radius 3 is 2.22 bits per heavy atom. The molecule has 1 fully saturated rings. The fraction of sp³-hybridized carbons (Fsp3) is 0.522.